The maximum atomic E-state index is 14.0. The predicted molar refractivity (Wildman–Crippen MR) is 197 cm³/mol. The highest BCUT2D eigenvalue weighted by atomic mass is 32.2. The number of hydrogen-bond donors (Lipinski definition) is 1. The molecular weight excluding hydrogens is 754 g/mol. The molecule has 0 bridgehead atoms. The van der Waals surface area contributed by atoms with E-state index in [1.54, 1.807) is 49.5 Å². The van der Waals surface area contributed by atoms with Crippen molar-refractivity contribution in [3.63, 3.8) is 0 Å². The van der Waals surface area contributed by atoms with Gasteiger partial charge in [-0.3, -0.25) is 14.3 Å². The third-order valence-corrected chi connectivity index (χ3v) is 9.24. The van der Waals surface area contributed by atoms with Crippen molar-refractivity contribution in [2.75, 3.05) is 27.7 Å². The fourth-order valence-electron chi connectivity index (χ4n) is 5.58. The minimum Gasteiger partial charge on any atom is -0.744 e. The van der Waals surface area contributed by atoms with Crippen LogP contribution >= 0.6 is 0 Å². The van der Waals surface area contributed by atoms with Crippen LogP contribution in [0.1, 0.15) is 46.1 Å². The normalized spacial score (nSPS) is 12.4. The van der Waals surface area contributed by atoms with Gasteiger partial charge in [-0.2, -0.15) is 23.5 Å². The monoisotopic (exact) mass is 790 g/mol. The molecule has 6 aromatic rings. The molecule has 0 saturated carbocycles. The first-order chi connectivity index (χ1) is 26.3. The van der Waals surface area contributed by atoms with E-state index in [9.17, 15) is 41.0 Å². The second-order valence-corrected chi connectivity index (χ2v) is 15.0. The molecule has 0 saturated heterocycles. The standard InChI is InChI=1S/C32H31F3N8O3.C6H6O3S/c1-20(30-37-19-25(46-30)14-16-43(3,4)5)39-29(44)27-28(26-13-15-38-41(26)23-11-9-21(18-36)10-12-23)40(2)42(31(27)45)24-8-6-7-22(17-24)32(33,34)35;7-10(8,9)6-4-2-1-3-5-6/h6-13,15,17,19-20H,14,16H2,1-5H3;1-5H,(H,7,8,9)/t20-;/m0./s1. The SMILES string of the molecule is C[C@H](NC(=O)c1c(-c2ccnn2-c2ccc(C#N)cc2)n(C)n(-c2cccc(C(F)(F)F)c2)c1=O)c1ncc(CC[N+](C)(C)C)o1.O=S(=O)([O-])c1ccccc1. The Morgan fingerprint density at radius 2 is 1.70 bits per heavy atom. The molecule has 0 fully saturated rings. The lowest BCUT2D eigenvalue weighted by molar-refractivity contribution is -0.870. The topological polar surface area (TPSA) is 181 Å². The number of oxazole rings is 1. The number of nitriles is 1. The van der Waals surface area contributed by atoms with E-state index in [1.165, 1.54) is 59.0 Å². The van der Waals surface area contributed by atoms with Crippen molar-refractivity contribution in [3.8, 4) is 28.8 Å². The van der Waals surface area contributed by atoms with Crippen LogP contribution < -0.4 is 10.9 Å². The number of hydrogen-bond acceptors (Lipinski definition) is 9. The van der Waals surface area contributed by atoms with Gasteiger partial charge in [0.2, 0.25) is 5.89 Å². The van der Waals surface area contributed by atoms with E-state index in [-0.39, 0.29) is 27.7 Å². The molecule has 56 heavy (non-hydrogen) atoms. The minimum absolute atomic E-state index is 0.0882. The van der Waals surface area contributed by atoms with Crippen molar-refractivity contribution in [1.82, 2.24) is 29.4 Å². The van der Waals surface area contributed by atoms with Crippen LogP contribution in [0.2, 0.25) is 0 Å². The number of quaternary nitrogens is 1. The van der Waals surface area contributed by atoms with Gasteiger partial charge in [-0.1, -0.05) is 24.3 Å². The lowest BCUT2D eigenvalue weighted by Crippen LogP contribution is -2.36. The first kappa shape index (κ1) is 40.9. The van der Waals surface area contributed by atoms with E-state index in [0.29, 0.717) is 29.1 Å². The zero-order chi connectivity index (χ0) is 41.0. The average molecular weight is 791 g/mol. The number of halogens is 3. The van der Waals surface area contributed by atoms with E-state index in [1.807, 2.05) is 6.07 Å². The molecule has 1 amide bonds. The Bertz CT molecular complexity index is 2540. The molecule has 1 atom stereocenters. The molecule has 0 aliphatic heterocycles. The van der Waals surface area contributed by atoms with Crippen molar-refractivity contribution in [2.45, 2.75) is 30.5 Å². The molecule has 3 heterocycles. The Labute approximate surface area is 320 Å². The second-order valence-electron chi connectivity index (χ2n) is 13.6. The van der Waals surface area contributed by atoms with Crippen molar-refractivity contribution in [3.05, 3.63) is 136 Å². The van der Waals surface area contributed by atoms with Crippen LogP contribution in [0, 0.1) is 11.3 Å². The fourth-order valence-corrected chi connectivity index (χ4v) is 6.07. The van der Waals surface area contributed by atoms with Crippen molar-refractivity contribution >= 4 is 16.0 Å². The van der Waals surface area contributed by atoms with Crippen LogP contribution in [0.4, 0.5) is 13.2 Å². The summed E-state index contributed by atoms with van der Waals surface area (Å²) in [5.74, 6) is 0.0957. The van der Waals surface area contributed by atoms with Gasteiger partial charge >= 0.3 is 6.18 Å². The Morgan fingerprint density at radius 3 is 2.29 bits per heavy atom. The van der Waals surface area contributed by atoms with Gasteiger partial charge in [0.15, 0.2) is 0 Å². The smallest absolute Gasteiger partial charge is 0.416 e. The zero-order valence-electron chi connectivity index (χ0n) is 30.9. The summed E-state index contributed by atoms with van der Waals surface area (Å²) in [6.45, 7) is 2.45. The van der Waals surface area contributed by atoms with Crippen LogP contribution in [0.3, 0.4) is 0 Å². The number of aromatic nitrogens is 5. The number of carbonyl (C=O) groups excluding carboxylic acids is 1. The Kier molecular flexibility index (Phi) is 11.8. The average Bonchev–Trinajstić information content (AvgIpc) is 3.88. The second kappa shape index (κ2) is 16.2. The zero-order valence-corrected chi connectivity index (χ0v) is 31.7. The Morgan fingerprint density at radius 1 is 1.02 bits per heavy atom. The van der Waals surface area contributed by atoms with Gasteiger partial charge in [-0.15, -0.1) is 0 Å². The molecule has 292 valence electrons. The summed E-state index contributed by atoms with van der Waals surface area (Å²) in [6.07, 6.45) is -0.966. The molecule has 0 spiro atoms. The number of amides is 1. The molecule has 0 aliphatic carbocycles. The summed E-state index contributed by atoms with van der Waals surface area (Å²) in [4.78, 5) is 32.1. The first-order valence-electron chi connectivity index (χ1n) is 16.9. The number of nitrogens with one attached hydrogen (secondary N) is 1. The molecule has 14 nitrogen and oxygen atoms in total. The summed E-state index contributed by atoms with van der Waals surface area (Å²) in [5.41, 5.74) is -0.844. The van der Waals surface area contributed by atoms with E-state index < -0.39 is 39.4 Å². The van der Waals surface area contributed by atoms with E-state index >= 15 is 0 Å². The number of alkyl halides is 3. The van der Waals surface area contributed by atoms with Gasteiger partial charge in [0.25, 0.3) is 11.5 Å². The highest BCUT2D eigenvalue weighted by molar-refractivity contribution is 7.85. The van der Waals surface area contributed by atoms with Crippen molar-refractivity contribution < 1.29 is 39.8 Å². The van der Waals surface area contributed by atoms with E-state index in [2.05, 4.69) is 36.5 Å². The molecule has 0 aliphatic rings. The molecule has 18 heteroatoms. The van der Waals surface area contributed by atoms with Gasteiger partial charge < -0.3 is 18.8 Å². The van der Waals surface area contributed by atoms with Crippen LogP contribution in [-0.4, -0.2) is 75.2 Å². The lowest BCUT2D eigenvalue weighted by Gasteiger charge is -2.22. The van der Waals surface area contributed by atoms with Gasteiger partial charge in [0, 0.05) is 7.05 Å². The third kappa shape index (κ3) is 9.49. The predicted octanol–water partition coefficient (Wildman–Crippen LogP) is 5.24. The summed E-state index contributed by atoms with van der Waals surface area (Å²) >= 11 is 0. The first-order valence-corrected chi connectivity index (χ1v) is 18.3. The largest absolute Gasteiger partial charge is 0.744 e. The minimum atomic E-state index is -4.65. The number of nitrogens with zero attached hydrogens (tertiary/aromatic N) is 7. The van der Waals surface area contributed by atoms with E-state index in [4.69, 9.17) is 4.42 Å². The fraction of sp³-hybridized carbons (Fsp3) is 0.237. The highest BCUT2D eigenvalue weighted by Crippen LogP contribution is 2.31. The molecular formula is C38H37F3N8O6S. The number of likely N-dealkylation sites (N-methyl/N-ethyl adjacent to an activating group) is 1. The molecule has 6 rings (SSSR count). The third-order valence-electron chi connectivity index (χ3n) is 8.39. The molecule has 3 aromatic heterocycles. The summed E-state index contributed by atoms with van der Waals surface area (Å²) in [7, 11) is 3.38. The molecule has 0 unspecified atom stereocenters. The van der Waals surface area contributed by atoms with Crippen LogP contribution in [0.25, 0.3) is 22.8 Å². The number of carbonyl (C=O) groups is 1. The Balaban J connectivity index is 0.000000522. The number of rotatable bonds is 10. The van der Waals surface area contributed by atoms with Crippen molar-refractivity contribution in [1.29, 1.82) is 5.26 Å². The van der Waals surface area contributed by atoms with Gasteiger partial charge in [-0.05, 0) is 67.6 Å². The van der Waals surface area contributed by atoms with Crippen molar-refractivity contribution in [2.24, 2.45) is 7.05 Å². The number of benzene rings is 3. The lowest BCUT2D eigenvalue weighted by atomic mass is 10.1. The maximum absolute atomic E-state index is 14.0. The quantitative estimate of drug-likeness (QED) is 0.143. The maximum Gasteiger partial charge on any atom is 0.416 e. The van der Waals surface area contributed by atoms with Crippen LogP contribution in [0.5, 0.6) is 0 Å². The Hall–Kier alpha value is -6.29. The van der Waals surface area contributed by atoms with Crippen LogP contribution in [0.15, 0.2) is 111 Å². The summed E-state index contributed by atoms with van der Waals surface area (Å²) in [6, 6.07) is 20.8. The summed E-state index contributed by atoms with van der Waals surface area (Å²) in [5, 5.41) is 16.3. The van der Waals surface area contributed by atoms with Gasteiger partial charge in [-0.25, -0.2) is 22.8 Å². The van der Waals surface area contributed by atoms with Gasteiger partial charge in [0.1, 0.15) is 33.2 Å². The van der Waals surface area contributed by atoms with Gasteiger partial charge in [0.05, 0.1) is 85.7 Å². The van der Waals surface area contributed by atoms with E-state index in [0.717, 1.165) is 27.8 Å². The molecule has 1 N–H and O–H groups in total. The highest BCUT2D eigenvalue weighted by Gasteiger charge is 2.33. The van der Waals surface area contributed by atoms with Crippen LogP contribution in [-0.2, 0) is 29.8 Å². The molecule has 3 aromatic carbocycles. The molecule has 0 radical (unpaired) electrons. The summed E-state index contributed by atoms with van der Waals surface area (Å²) < 4.78 is 82.1.